The number of hydrogen-bond donors (Lipinski definition) is 0. The number of piperidine rings is 1. The third kappa shape index (κ3) is 4.89. The monoisotopic (exact) mass is 371 g/mol. The molecule has 1 atom stereocenters. The van der Waals surface area contributed by atoms with E-state index in [0.717, 1.165) is 44.8 Å². The van der Waals surface area contributed by atoms with Gasteiger partial charge >= 0.3 is 0 Å². The van der Waals surface area contributed by atoms with Crippen molar-refractivity contribution in [2.75, 3.05) is 40.3 Å². The maximum atomic E-state index is 12.5. The number of hydrogen-bond acceptors (Lipinski definition) is 5. The lowest BCUT2D eigenvalue weighted by Crippen LogP contribution is -2.42. The number of para-hydroxylation sites is 1. The predicted octanol–water partition coefficient (Wildman–Crippen LogP) is 3.02. The highest BCUT2D eigenvalue weighted by Gasteiger charge is 2.25. The van der Waals surface area contributed by atoms with Crippen molar-refractivity contribution in [1.29, 1.82) is 0 Å². The molecule has 6 nitrogen and oxygen atoms in total. The van der Waals surface area contributed by atoms with Gasteiger partial charge in [0.15, 0.2) is 6.39 Å². The Bertz CT molecular complexity index is 759. The summed E-state index contributed by atoms with van der Waals surface area (Å²) in [5, 5.41) is 0. The summed E-state index contributed by atoms with van der Waals surface area (Å²) in [5.74, 6) is 1.70. The molecule has 1 aromatic heterocycles. The Kier molecular flexibility index (Phi) is 6.50. The third-order valence-corrected chi connectivity index (χ3v) is 5.31. The summed E-state index contributed by atoms with van der Waals surface area (Å²) in [6.07, 6.45) is 4.62. The zero-order valence-corrected chi connectivity index (χ0v) is 16.5. The van der Waals surface area contributed by atoms with Gasteiger partial charge in [-0.25, -0.2) is 4.98 Å². The fraction of sp³-hybridized carbons (Fsp3) is 0.524. The number of benzene rings is 1. The summed E-state index contributed by atoms with van der Waals surface area (Å²) in [6, 6.07) is 8.21. The largest absolute Gasteiger partial charge is 0.496 e. The molecule has 1 aliphatic rings. The van der Waals surface area contributed by atoms with Crippen molar-refractivity contribution >= 4 is 5.91 Å². The van der Waals surface area contributed by atoms with Crippen LogP contribution in [0.1, 0.15) is 34.7 Å². The van der Waals surface area contributed by atoms with Crippen LogP contribution in [0.15, 0.2) is 35.1 Å². The molecule has 1 amide bonds. The summed E-state index contributed by atoms with van der Waals surface area (Å²) < 4.78 is 10.7. The van der Waals surface area contributed by atoms with E-state index in [0.29, 0.717) is 17.4 Å². The van der Waals surface area contributed by atoms with Crippen LogP contribution < -0.4 is 4.74 Å². The molecule has 0 aliphatic carbocycles. The van der Waals surface area contributed by atoms with Gasteiger partial charge in [-0.05, 0) is 50.3 Å². The number of amides is 1. The van der Waals surface area contributed by atoms with E-state index in [-0.39, 0.29) is 5.91 Å². The minimum Gasteiger partial charge on any atom is -0.496 e. The van der Waals surface area contributed by atoms with E-state index in [9.17, 15) is 4.79 Å². The van der Waals surface area contributed by atoms with Gasteiger partial charge < -0.3 is 19.0 Å². The average molecular weight is 371 g/mol. The second kappa shape index (κ2) is 9.04. The first kappa shape index (κ1) is 19.4. The maximum absolute atomic E-state index is 12.5. The van der Waals surface area contributed by atoms with Crippen molar-refractivity contribution in [2.45, 2.75) is 26.2 Å². The average Bonchev–Trinajstić information content (AvgIpc) is 3.12. The number of aryl methyl sites for hydroxylation is 1. The zero-order chi connectivity index (χ0) is 19.2. The number of methoxy groups -OCH3 is 1. The Morgan fingerprint density at radius 1 is 1.41 bits per heavy atom. The van der Waals surface area contributed by atoms with Gasteiger partial charge in [-0.15, -0.1) is 0 Å². The second-order valence-corrected chi connectivity index (χ2v) is 7.32. The molecular weight excluding hydrogens is 342 g/mol. The van der Waals surface area contributed by atoms with E-state index < -0.39 is 0 Å². The lowest BCUT2D eigenvalue weighted by molar-refractivity contribution is 0.0699. The molecule has 2 aromatic rings. The maximum Gasteiger partial charge on any atom is 0.291 e. The molecule has 1 saturated heterocycles. The fourth-order valence-corrected chi connectivity index (χ4v) is 3.84. The van der Waals surface area contributed by atoms with E-state index >= 15 is 0 Å². The van der Waals surface area contributed by atoms with Gasteiger partial charge in [0.05, 0.1) is 12.8 Å². The Morgan fingerprint density at radius 2 is 2.22 bits per heavy atom. The van der Waals surface area contributed by atoms with Gasteiger partial charge in [-0.3, -0.25) is 4.79 Å². The van der Waals surface area contributed by atoms with Gasteiger partial charge in [0.25, 0.3) is 5.91 Å². The summed E-state index contributed by atoms with van der Waals surface area (Å²) in [6.45, 7) is 5.68. The van der Waals surface area contributed by atoms with E-state index in [4.69, 9.17) is 9.15 Å². The number of carbonyl (C=O) groups is 1. The van der Waals surface area contributed by atoms with Crippen molar-refractivity contribution in [3.05, 3.63) is 47.7 Å². The van der Waals surface area contributed by atoms with E-state index in [1.807, 2.05) is 19.2 Å². The Labute approximate surface area is 161 Å². The SMILES string of the molecule is COc1ccccc1CCN1CCC[C@H](CN(C)C(=O)c2ocnc2C)C1. The van der Waals surface area contributed by atoms with Crippen molar-refractivity contribution in [3.8, 4) is 5.75 Å². The van der Waals surface area contributed by atoms with Crippen LogP contribution >= 0.6 is 0 Å². The van der Waals surface area contributed by atoms with Crippen molar-refractivity contribution in [3.63, 3.8) is 0 Å². The molecule has 1 fully saturated rings. The Morgan fingerprint density at radius 3 is 2.96 bits per heavy atom. The van der Waals surface area contributed by atoms with E-state index in [2.05, 4.69) is 22.0 Å². The normalized spacial score (nSPS) is 17.7. The number of likely N-dealkylation sites (tertiary alicyclic amines) is 1. The van der Waals surface area contributed by atoms with Crippen LogP contribution in [0.4, 0.5) is 0 Å². The summed E-state index contributed by atoms with van der Waals surface area (Å²) >= 11 is 0. The van der Waals surface area contributed by atoms with Crippen LogP contribution in [0.25, 0.3) is 0 Å². The highest BCUT2D eigenvalue weighted by Crippen LogP contribution is 2.21. The standard InChI is InChI=1S/C21H29N3O3/c1-16-20(27-15-22-16)21(25)23(2)13-17-7-6-11-24(14-17)12-10-18-8-4-5-9-19(18)26-3/h4-5,8-9,15,17H,6-7,10-14H2,1-3H3/t17-/m1/s1. The van der Waals surface area contributed by atoms with Gasteiger partial charge in [0, 0.05) is 26.7 Å². The molecule has 0 bridgehead atoms. The molecule has 1 aromatic carbocycles. The number of aromatic nitrogens is 1. The summed E-state index contributed by atoms with van der Waals surface area (Å²) in [7, 11) is 3.57. The minimum atomic E-state index is -0.0869. The first-order valence-electron chi connectivity index (χ1n) is 9.58. The lowest BCUT2D eigenvalue weighted by atomic mass is 9.97. The van der Waals surface area contributed by atoms with Crippen LogP contribution in [0.3, 0.4) is 0 Å². The summed E-state index contributed by atoms with van der Waals surface area (Å²) in [5.41, 5.74) is 1.89. The number of nitrogens with zero attached hydrogens (tertiary/aromatic N) is 3. The molecule has 146 valence electrons. The lowest BCUT2D eigenvalue weighted by Gasteiger charge is -2.34. The zero-order valence-electron chi connectivity index (χ0n) is 16.5. The molecule has 0 unspecified atom stereocenters. The molecule has 0 spiro atoms. The van der Waals surface area contributed by atoms with Crippen LogP contribution in [0, 0.1) is 12.8 Å². The minimum absolute atomic E-state index is 0.0869. The quantitative estimate of drug-likeness (QED) is 0.749. The van der Waals surface area contributed by atoms with E-state index in [1.54, 1.807) is 18.9 Å². The number of ether oxygens (including phenoxy) is 1. The second-order valence-electron chi connectivity index (χ2n) is 7.32. The van der Waals surface area contributed by atoms with Gasteiger partial charge in [0.1, 0.15) is 5.75 Å². The van der Waals surface area contributed by atoms with Gasteiger partial charge in [-0.1, -0.05) is 18.2 Å². The Balaban J connectivity index is 1.52. The fourth-order valence-electron chi connectivity index (χ4n) is 3.84. The predicted molar refractivity (Wildman–Crippen MR) is 104 cm³/mol. The van der Waals surface area contributed by atoms with Crippen LogP contribution in [-0.4, -0.2) is 61.0 Å². The highest BCUT2D eigenvalue weighted by atomic mass is 16.5. The molecule has 1 aliphatic heterocycles. The van der Waals surface area contributed by atoms with Gasteiger partial charge in [-0.2, -0.15) is 0 Å². The van der Waals surface area contributed by atoms with Gasteiger partial charge in [0.2, 0.25) is 5.76 Å². The topological polar surface area (TPSA) is 58.8 Å². The molecule has 6 heteroatoms. The number of oxazole rings is 1. The molecule has 0 saturated carbocycles. The smallest absolute Gasteiger partial charge is 0.291 e. The molecule has 0 radical (unpaired) electrons. The molecule has 0 N–H and O–H groups in total. The van der Waals surface area contributed by atoms with Crippen LogP contribution in [0.2, 0.25) is 0 Å². The first-order valence-corrected chi connectivity index (χ1v) is 9.58. The van der Waals surface area contributed by atoms with Crippen molar-refractivity contribution < 1.29 is 13.9 Å². The number of carbonyl (C=O) groups excluding carboxylic acids is 1. The molecule has 3 rings (SSSR count). The molecular formula is C21H29N3O3. The van der Waals surface area contributed by atoms with E-state index in [1.165, 1.54) is 18.4 Å². The Hall–Kier alpha value is -2.34. The summed E-state index contributed by atoms with van der Waals surface area (Å²) in [4.78, 5) is 20.8. The van der Waals surface area contributed by atoms with Crippen LogP contribution in [0.5, 0.6) is 5.75 Å². The van der Waals surface area contributed by atoms with Crippen molar-refractivity contribution in [2.24, 2.45) is 5.92 Å². The highest BCUT2D eigenvalue weighted by molar-refractivity contribution is 5.92. The molecule has 2 heterocycles. The van der Waals surface area contributed by atoms with Crippen LogP contribution in [-0.2, 0) is 6.42 Å². The third-order valence-electron chi connectivity index (χ3n) is 5.31. The molecule has 27 heavy (non-hydrogen) atoms. The number of rotatable bonds is 7. The van der Waals surface area contributed by atoms with Crippen molar-refractivity contribution in [1.82, 2.24) is 14.8 Å². The first-order chi connectivity index (χ1) is 13.1.